The number of carboxylic acids is 1. The lowest BCUT2D eigenvalue weighted by Crippen LogP contribution is -2.37. The maximum atomic E-state index is 11.7. The molecule has 1 heterocycles. The van der Waals surface area contributed by atoms with Crippen LogP contribution in [-0.2, 0) is 4.79 Å². The standard InChI is InChI=1S/C14H16N2O3S/c17-13(18)6-3-10-1-4-11(5-2-10)15-14(19)16-12-7-8-20-9-12/h1-6,12H,7-9H2,(H,17,18)(H2,15,16,19)/b6-3+. The fourth-order valence-corrected chi connectivity index (χ4v) is 3.00. The zero-order valence-electron chi connectivity index (χ0n) is 10.8. The van der Waals surface area contributed by atoms with Crippen LogP contribution in [0.15, 0.2) is 30.3 Å². The van der Waals surface area contributed by atoms with Gasteiger partial charge in [-0.05, 0) is 35.9 Å². The van der Waals surface area contributed by atoms with Gasteiger partial charge in [0.15, 0.2) is 0 Å². The number of carboxylic acid groups (broad SMARTS) is 1. The summed E-state index contributed by atoms with van der Waals surface area (Å²) in [6.45, 7) is 0. The van der Waals surface area contributed by atoms with Crippen LogP contribution in [0.5, 0.6) is 0 Å². The highest BCUT2D eigenvalue weighted by molar-refractivity contribution is 7.99. The van der Waals surface area contributed by atoms with E-state index in [2.05, 4.69) is 10.6 Å². The van der Waals surface area contributed by atoms with Gasteiger partial charge in [-0.15, -0.1) is 0 Å². The zero-order chi connectivity index (χ0) is 14.4. The van der Waals surface area contributed by atoms with Crippen LogP contribution in [-0.4, -0.2) is 34.7 Å². The van der Waals surface area contributed by atoms with Crippen LogP contribution in [0, 0.1) is 0 Å². The number of thioether (sulfide) groups is 1. The van der Waals surface area contributed by atoms with Gasteiger partial charge in [-0.1, -0.05) is 12.1 Å². The van der Waals surface area contributed by atoms with Gasteiger partial charge >= 0.3 is 12.0 Å². The first-order chi connectivity index (χ1) is 9.63. The molecule has 0 spiro atoms. The SMILES string of the molecule is O=C(O)/C=C/c1ccc(NC(=O)NC2CCSC2)cc1. The fraction of sp³-hybridized carbons (Fsp3) is 0.286. The second kappa shape index (κ2) is 7.00. The van der Waals surface area contributed by atoms with Gasteiger partial charge < -0.3 is 15.7 Å². The van der Waals surface area contributed by atoms with Crippen LogP contribution in [0.4, 0.5) is 10.5 Å². The Morgan fingerprint density at radius 2 is 2.05 bits per heavy atom. The summed E-state index contributed by atoms with van der Waals surface area (Å²) in [6, 6.07) is 7.03. The van der Waals surface area contributed by atoms with Gasteiger partial charge in [0, 0.05) is 23.6 Å². The Hall–Kier alpha value is -1.95. The molecule has 6 heteroatoms. The number of nitrogens with one attached hydrogen (secondary N) is 2. The van der Waals surface area contributed by atoms with Crippen LogP contribution in [0.1, 0.15) is 12.0 Å². The number of hydrogen-bond donors (Lipinski definition) is 3. The van der Waals surface area contributed by atoms with E-state index in [1.165, 1.54) is 6.08 Å². The van der Waals surface area contributed by atoms with Crippen molar-refractivity contribution in [1.82, 2.24) is 5.32 Å². The zero-order valence-corrected chi connectivity index (χ0v) is 11.7. The van der Waals surface area contributed by atoms with Crippen LogP contribution in [0.25, 0.3) is 6.08 Å². The molecule has 1 saturated heterocycles. The first-order valence-corrected chi connectivity index (χ1v) is 7.45. The molecule has 5 nitrogen and oxygen atoms in total. The van der Waals surface area contributed by atoms with E-state index in [0.717, 1.165) is 29.6 Å². The minimum Gasteiger partial charge on any atom is -0.478 e. The Balaban J connectivity index is 1.86. The largest absolute Gasteiger partial charge is 0.478 e. The molecule has 0 bridgehead atoms. The lowest BCUT2D eigenvalue weighted by molar-refractivity contribution is -0.131. The number of amides is 2. The van der Waals surface area contributed by atoms with Gasteiger partial charge in [0.2, 0.25) is 0 Å². The first kappa shape index (κ1) is 14.5. The molecule has 0 saturated carbocycles. The predicted molar refractivity (Wildman–Crippen MR) is 81.0 cm³/mol. The maximum Gasteiger partial charge on any atom is 0.328 e. The number of rotatable bonds is 4. The van der Waals surface area contributed by atoms with E-state index >= 15 is 0 Å². The van der Waals surface area contributed by atoms with Gasteiger partial charge in [-0.3, -0.25) is 0 Å². The Morgan fingerprint density at radius 1 is 1.30 bits per heavy atom. The molecule has 1 fully saturated rings. The monoisotopic (exact) mass is 292 g/mol. The highest BCUT2D eigenvalue weighted by Gasteiger charge is 2.17. The molecule has 0 radical (unpaired) electrons. The lowest BCUT2D eigenvalue weighted by atomic mass is 10.2. The quantitative estimate of drug-likeness (QED) is 0.745. The summed E-state index contributed by atoms with van der Waals surface area (Å²) >= 11 is 1.84. The molecule has 3 N–H and O–H groups in total. The van der Waals surface area contributed by atoms with Crippen LogP contribution >= 0.6 is 11.8 Å². The second-order valence-corrected chi connectivity index (χ2v) is 5.60. The highest BCUT2D eigenvalue weighted by atomic mass is 32.2. The Morgan fingerprint density at radius 3 is 2.65 bits per heavy atom. The van der Waals surface area contributed by atoms with Gasteiger partial charge in [0.05, 0.1) is 0 Å². The van der Waals surface area contributed by atoms with Gasteiger partial charge in [0.25, 0.3) is 0 Å². The molecule has 0 aromatic heterocycles. The Kier molecular flexibility index (Phi) is 5.06. The molecule has 1 unspecified atom stereocenters. The van der Waals surface area contributed by atoms with E-state index in [-0.39, 0.29) is 12.1 Å². The normalized spacial score (nSPS) is 18.1. The average molecular weight is 292 g/mol. The van der Waals surface area contributed by atoms with Gasteiger partial charge in [-0.25, -0.2) is 9.59 Å². The highest BCUT2D eigenvalue weighted by Crippen LogP contribution is 2.17. The molecule has 20 heavy (non-hydrogen) atoms. The number of carbonyl (C=O) groups excluding carboxylic acids is 1. The van der Waals surface area contributed by atoms with Crippen molar-refractivity contribution in [3.63, 3.8) is 0 Å². The summed E-state index contributed by atoms with van der Waals surface area (Å²) in [5.74, 6) is 1.07. The van der Waals surface area contributed by atoms with E-state index in [0.29, 0.717) is 5.69 Å². The number of hydrogen-bond acceptors (Lipinski definition) is 3. The number of aliphatic carboxylic acids is 1. The van der Waals surface area contributed by atoms with Crippen LogP contribution in [0.3, 0.4) is 0 Å². The summed E-state index contributed by atoms with van der Waals surface area (Å²) in [7, 11) is 0. The van der Waals surface area contributed by atoms with E-state index in [1.54, 1.807) is 24.3 Å². The van der Waals surface area contributed by atoms with Crippen molar-refractivity contribution >= 4 is 35.5 Å². The number of anilines is 1. The maximum absolute atomic E-state index is 11.7. The second-order valence-electron chi connectivity index (χ2n) is 4.45. The molecule has 1 atom stereocenters. The number of benzene rings is 1. The molecule has 1 aliphatic heterocycles. The van der Waals surface area contributed by atoms with Crippen molar-refractivity contribution in [3.05, 3.63) is 35.9 Å². The molecular weight excluding hydrogens is 276 g/mol. The minimum absolute atomic E-state index is 0.202. The van der Waals surface area contributed by atoms with Crippen molar-refractivity contribution in [2.75, 3.05) is 16.8 Å². The third-order valence-electron chi connectivity index (χ3n) is 2.85. The van der Waals surface area contributed by atoms with Crippen molar-refractivity contribution in [1.29, 1.82) is 0 Å². The molecule has 106 valence electrons. The van der Waals surface area contributed by atoms with Crippen molar-refractivity contribution in [2.24, 2.45) is 0 Å². The molecular formula is C14H16N2O3S. The molecule has 2 amide bonds. The molecule has 1 aromatic rings. The molecule has 0 aliphatic carbocycles. The number of carbonyl (C=O) groups is 2. The Bertz CT molecular complexity index is 508. The van der Waals surface area contributed by atoms with E-state index in [1.807, 2.05) is 11.8 Å². The summed E-state index contributed by atoms with van der Waals surface area (Å²) in [5.41, 5.74) is 1.45. The summed E-state index contributed by atoms with van der Waals surface area (Å²) in [6.07, 6.45) is 3.59. The molecule has 1 aromatic carbocycles. The molecule has 1 aliphatic rings. The lowest BCUT2D eigenvalue weighted by Gasteiger charge is -2.12. The van der Waals surface area contributed by atoms with Crippen LogP contribution in [0.2, 0.25) is 0 Å². The third-order valence-corrected chi connectivity index (χ3v) is 4.01. The van der Waals surface area contributed by atoms with Crippen LogP contribution < -0.4 is 10.6 Å². The minimum atomic E-state index is -0.985. The topological polar surface area (TPSA) is 78.4 Å². The summed E-state index contributed by atoms with van der Waals surface area (Å²) in [5, 5.41) is 14.2. The van der Waals surface area contributed by atoms with Crippen molar-refractivity contribution < 1.29 is 14.7 Å². The summed E-state index contributed by atoms with van der Waals surface area (Å²) < 4.78 is 0. The average Bonchev–Trinajstić information content (AvgIpc) is 2.90. The Labute approximate surface area is 121 Å². The van der Waals surface area contributed by atoms with Crippen molar-refractivity contribution in [2.45, 2.75) is 12.5 Å². The summed E-state index contributed by atoms with van der Waals surface area (Å²) in [4.78, 5) is 22.1. The van der Waals surface area contributed by atoms with E-state index in [9.17, 15) is 9.59 Å². The smallest absolute Gasteiger partial charge is 0.328 e. The van der Waals surface area contributed by atoms with Crippen molar-refractivity contribution in [3.8, 4) is 0 Å². The van der Waals surface area contributed by atoms with E-state index in [4.69, 9.17) is 5.11 Å². The predicted octanol–water partition coefficient (Wildman–Crippen LogP) is 2.41. The first-order valence-electron chi connectivity index (χ1n) is 6.30. The van der Waals surface area contributed by atoms with E-state index < -0.39 is 5.97 Å². The van der Waals surface area contributed by atoms with Gasteiger partial charge in [-0.2, -0.15) is 11.8 Å². The number of urea groups is 1. The third kappa shape index (κ3) is 4.62. The molecule has 2 rings (SSSR count). The fourth-order valence-electron chi connectivity index (χ4n) is 1.85. The van der Waals surface area contributed by atoms with Gasteiger partial charge in [0.1, 0.15) is 0 Å².